The van der Waals surface area contributed by atoms with E-state index in [-0.39, 0.29) is 11.6 Å². The van der Waals surface area contributed by atoms with Gasteiger partial charge in [-0.3, -0.25) is 9.59 Å². The predicted molar refractivity (Wildman–Crippen MR) is 211 cm³/mol. The quantitative estimate of drug-likeness (QED) is 0.112. The molecule has 0 saturated heterocycles. The fourth-order valence-corrected chi connectivity index (χ4v) is 7.26. The van der Waals surface area contributed by atoms with Crippen molar-refractivity contribution in [3.8, 4) is 22.5 Å². The zero-order chi connectivity index (χ0) is 36.1. The van der Waals surface area contributed by atoms with Crippen molar-refractivity contribution in [2.24, 2.45) is 0 Å². The van der Waals surface area contributed by atoms with E-state index in [4.69, 9.17) is 5.73 Å². The average Bonchev–Trinajstić information content (AvgIpc) is 4.04. The molecule has 0 aliphatic heterocycles. The minimum absolute atomic E-state index is 0.0528. The smallest absolute Gasteiger partial charge is 0.208 e. The topological polar surface area (TPSA) is 133 Å². The van der Waals surface area contributed by atoms with Crippen molar-refractivity contribution >= 4 is 56.9 Å². The Labute approximate surface area is 311 Å². The molecule has 0 aliphatic carbocycles. The van der Waals surface area contributed by atoms with Crippen LogP contribution in [-0.2, 0) is 6.54 Å². The van der Waals surface area contributed by atoms with Crippen LogP contribution < -0.4 is 11.1 Å². The number of fused-ring (bicyclic) bond motifs is 2. The van der Waals surface area contributed by atoms with Crippen LogP contribution in [0.4, 0.5) is 11.4 Å². The summed E-state index contributed by atoms with van der Waals surface area (Å²) in [5, 5.41) is 16.1. The number of thiophene rings is 2. The number of carbonyl (C=O) groups is 2. The van der Waals surface area contributed by atoms with Crippen LogP contribution in [0.5, 0.6) is 0 Å². The maximum atomic E-state index is 12.8. The number of hydrogen-bond acceptors (Lipinski definition) is 10. The lowest BCUT2D eigenvalue weighted by Gasteiger charge is -2.10. The Morgan fingerprint density at radius 1 is 0.623 bits per heavy atom. The molecule has 53 heavy (non-hydrogen) atoms. The van der Waals surface area contributed by atoms with Crippen LogP contribution in [0, 0.1) is 0 Å². The highest BCUT2D eigenvalue weighted by molar-refractivity contribution is 7.12. The fourth-order valence-electron chi connectivity index (χ4n) is 5.91. The molecule has 0 bridgehead atoms. The van der Waals surface area contributed by atoms with Gasteiger partial charge in [-0.05, 0) is 64.9 Å². The van der Waals surface area contributed by atoms with Gasteiger partial charge in [-0.15, -0.1) is 22.7 Å². The van der Waals surface area contributed by atoms with Gasteiger partial charge in [0.2, 0.25) is 11.6 Å². The second kappa shape index (κ2) is 14.8. The van der Waals surface area contributed by atoms with Gasteiger partial charge in [0, 0.05) is 41.4 Å². The van der Waals surface area contributed by atoms with Gasteiger partial charge in [0.1, 0.15) is 0 Å². The highest BCUT2D eigenvalue weighted by atomic mass is 32.1. The van der Waals surface area contributed by atoms with E-state index in [9.17, 15) is 9.59 Å². The second-order valence-corrected chi connectivity index (χ2v) is 13.8. The molecule has 0 atom stereocenters. The highest BCUT2D eigenvalue weighted by Gasteiger charge is 2.20. The normalized spacial score (nSPS) is 10.9. The van der Waals surface area contributed by atoms with Crippen LogP contribution in [0.1, 0.15) is 36.0 Å². The minimum Gasteiger partial charge on any atom is -0.399 e. The van der Waals surface area contributed by atoms with E-state index < -0.39 is 0 Å². The van der Waals surface area contributed by atoms with E-state index in [1.165, 1.54) is 28.2 Å². The number of aromatic nitrogens is 6. The molecule has 0 fully saturated rings. The molecule has 0 spiro atoms. The molecule has 0 aliphatic rings. The second-order valence-electron chi connectivity index (χ2n) is 11.9. The van der Waals surface area contributed by atoms with E-state index >= 15 is 0 Å². The number of benzene rings is 3. The molecule has 9 rings (SSSR count). The van der Waals surface area contributed by atoms with Crippen molar-refractivity contribution < 1.29 is 9.59 Å². The first-order valence-electron chi connectivity index (χ1n) is 16.6. The van der Waals surface area contributed by atoms with E-state index in [1.807, 2.05) is 102 Å². The summed E-state index contributed by atoms with van der Waals surface area (Å²) < 4.78 is 3.41. The van der Waals surface area contributed by atoms with E-state index in [0.29, 0.717) is 37.9 Å². The molecular formula is C41H30N8O2S2. The third-order valence-corrected chi connectivity index (χ3v) is 10.2. The number of nitrogens with zero attached hydrogens (tertiary/aromatic N) is 6. The van der Waals surface area contributed by atoms with Crippen molar-refractivity contribution in [1.29, 1.82) is 0 Å². The van der Waals surface area contributed by atoms with Gasteiger partial charge in [0.05, 0.1) is 44.7 Å². The number of hydrogen-bond donors (Lipinski definition) is 2. The van der Waals surface area contributed by atoms with E-state index in [2.05, 4.69) is 43.7 Å². The number of nitrogen functional groups attached to an aromatic ring is 1. The number of rotatable bonds is 9. The summed E-state index contributed by atoms with van der Waals surface area (Å²) in [5.41, 5.74) is 14.5. The largest absolute Gasteiger partial charge is 0.399 e. The Hall–Kier alpha value is -6.76. The van der Waals surface area contributed by atoms with Crippen LogP contribution in [0.15, 0.2) is 151 Å². The Morgan fingerprint density at radius 2 is 1.19 bits per heavy atom. The molecule has 0 amide bonds. The standard InChI is InChI=1S/C24H18N4OS.C17H12N4OS/c29-23(22-10-5-13-30-22)20-16-27-28-21(11-12-25-24(20)28)18-8-4-9-19(14-18)26-15-17-6-2-1-3-7-17;18-12-4-1-3-11(9-12)14-6-7-19-17-13(10-20-21(14)17)16(22)15-5-2-8-23-15/h1-14,16,26H,15H2;1-10H,18H2. The molecule has 6 heterocycles. The van der Waals surface area contributed by atoms with Gasteiger partial charge >= 0.3 is 0 Å². The summed E-state index contributed by atoms with van der Waals surface area (Å²) in [4.78, 5) is 35.5. The first kappa shape index (κ1) is 33.4. The molecule has 0 radical (unpaired) electrons. The Bertz CT molecular complexity index is 2680. The zero-order valence-corrected chi connectivity index (χ0v) is 29.7. The molecule has 258 valence electrons. The van der Waals surface area contributed by atoms with Gasteiger partial charge in [-0.2, -0.15) is 10.2 Å². The molecule has 9 aromatic rings. The summed E-state index contributed by atoms with van der Waals surface area (Å²) in [6, 6.07) is 37.1. The van der Waals surface area contributed by atoms with Gasteiger partial charge in [0.25, 0.3) is 0 Å². The van der Waals surface area contributed by atoms with Crippen molar-refractivity contribution in [2.75, 3.05) is 11.1 Å². The molecule has 6 aromatic heterocycles. The fraction of sp³-hybridized carbons (Fsp3) is 0.0244. The van der Waals surface area contributed by atoms with Gasteiger partial charge in [0.15, 0.2) is 11.3 Å². The summed E-state index contributed by atoms with van der Waals surface area (Å²) in [5.74, 6) is -0.116. The van der Waals surface area contributed by atoms with E-state index in [0.717, 1.165) is 34.7 Å². The molecule has 0 unspecified atom stereocenters. The maximum Gasteiger partial charge on any atom is 0.208 e. The van der Waals surface area contributed by atoms with Crippen LogP contribution in [0.2, 0.25) is 0 Å². The third-order valence-electron chi connectivity index (χ3n) is 8.46. The Kier molecular flexibility index (Phi) is 9.35. The van der Waals surface area contributed by atoms with E-state index in [1.54, 1.807) is 39.9 Å². The van der Waals surface area contributed by atoms with Gasteiger partial charge in [-0.25, -0.2) is 19.0 Å². The first-order valence-corrected chi connectivity index (χ1v) is 18.4. The number of nitrogens with one attached hydrogen (secondary N) is 1. The van der Waals surface area contributed by atoms with Crippen LogP contribution in [0.25, 0.3) is 33.8 Å². The summed E-state index contributed by atoms with van der Waals surface area (Å²) in [7, 11) is 0. The lowest BCUT2D eigenvalue weighted by molar-refractivity contribution is 0.103. The maximum absolute atomic E-state index is 12.8. The number of carbonyl (C=O) groups excluding carboxylic acids is 2. The summed E-state index contributed by atoms with van der Waals surface area (Å²) in [6.07, 6.45) is 6.58. The summed E-state index contributed by atoms with van der Waals surface area (Å²) in [6.45, 7) is 0.747. The van der Waals surface area contributed by atoms with Crippen LogP contribution in [-0.4, -0.2) is 40.8 Å². The average molecular weight is 731 g/mol. The predicted octanol–water partition coefficient (Wildman–Crippen LogP) is 8.57. The van der Waals surface area contributed by atoms with Crippen molar-refractivity contribution in [1.82, 2.24) is 29.2 Å². The van der Waals surface area contributed by atoms with Crippen molar-refractivity contribution in [2.45, 2.75) is 6.54 Å². The Morgan fingerprint density at radius 3 is 1.74 bits per heavy atom. The van der Waals surface area contributed by atoms with Crippen LogP contribution >= 0.6 is 22.7 Å². The van der Waals surface area contributed by atoms with Crippen molar-refractivity contribution in [3.05, 3.63) is 177 Å². The van der Waals surface area contributed by atoms with Crippen molar-refractivity contribution in [3.63, 3.8) is 0 Å². The minimum atomic E-state index is -0.0628. The summed E-state index contributed by atoms with van der Waals surface area (Å²) >= 11 is 2.83. The number of anilines is 2. The van der Waals surface area contributed by atoms with Crippen LogP contribution in [0.3, 0.4) is 0 Å². The molecule has 10 nitrogen and oxygen atoms in total. The zero-order valence-electron chi connectivity index (χ0n) is 28.0. The third kappa shape index (κ3) is 6.96. The molecule has 12 heteroatoms. The number of nitrogens with two attached hydrogens (primary N) is 1. The lowest BCUT2D eigenvalue weighted by atomic mass is 10.1. The molecule has 0 saturated carbocycles. The molecule has 3 N–H and O–H groups in total. The SMILES string of the molecule is Nc1cccc(-c2ccnc3c(C(=O)c4cccs4)cnn23)c1.O=C(c1cccs1)c1cnn2c(-c3cccc(NCc4ccccc4)c3)ccnc12. The molecular weight excluding hydrogens is 701 g/mol. The highest BCUT2D eigenvalue weighted by Crippen LogP contribution is 2.27. The van der Waals surface area contributed by atoms with Gasteiger partial charge < -0.3 is 11.1 Å². The Balaban J connectivity index is 0.000000156. The molecule has 3 aromatic carbocycles. The number of ketones is 2. The monoisotopic (exact) mass is 730 g/mol. The first-order chi connectivity index (χ1) is 26.0. The van der Waals surface area contributed by atoms with Gasteiger partial charge in [-0.1, -0.05) is 66.7 Å². The lowest BCUT2D eigenvalue weighted by Crippen LogP contribution is -2.02.